The van der Waals surface area contributed by atoms with Crippen molar-refractivity contribution in [2.45, 2.75) is 107 Å². The number of aryl methyl sites for hydroxylation is 2. The van der Waals surface area contributed by atoms with E-state index in [1.54, 1.807) is 48.1 Å². The first kappa shape index (κ1) is 45.5. The summed E-state index contributed by atoms with van der Waals surface area (Å²) in [5.74, 6) is -0.548. The van der Waals surface area contributed by atoms with Gasteiger partial charge in [-0.25, -0.2) is 27.0 Å². The highest BCUT2D eigenvalue weighted by molar-refractivity contribution is 7.89. The largest absolute Gasteiger partial charge is 0.370 e. The van der Waals surface area contributed by atoms with E-state index in [0.29, 0.717) is 78.6 Å². The molecule has 2 atom stereocenters. The number of carbonyl (C=O) groups excluding carboxylic acids is 2. The summed E-state index contributed by atoms with van der Waals surface area (Å²) in [4.78, 5) is 65.0. The molecule has 2 aromatic carbocycles. The van der Waals surface area contributed by atoms with Crippen LogP contribution in [-0.2, 0) is 26.7 Å². The van der Waals surface area contributed by atoms with Crippen molar-refractivity contribution in [3.63, 3.8) is 0 Å². The fourth-order valence-electron chi connectivity index (χ4n) is 11.5. The summed E-state index contributed by atoms with van der Waals surface area (Å²) in [6.07, 6.45) is 7.00. The number of hydrogen-bond acceptors (Lipinski definition) is 11. The van der Waals surface area contributed by atoms with Gasteiger partial charge in [0.1, 0.15) is 16.7 Å². The summed E-state index contributed by atoms with van der Waals surface area (Å²) in [5, 5.41) is 6.40. The molecule has 20 heteroatoms. The van der Waals surface area contributed by atoms with Gasteiger partial charge in [0.2, 0.25) is 27.8 Å². The predicted octanol–water partition coefficient (Wildman–Crippen LogP) is 6.27. The number of rotatable bonds is 12. The summed E-state index contributed by atoms with van der Waals surface area (Å²) in [6.45, 7) is 3.55. The number of hydrogen-bond donors (Lipinski definition) is 2. The highest BCUT2D eigenvalue weighted by Gasteiger charge is 2.53. The number of imidazole rings is 1. The Bertz CT molecular complexity index is 3010. The van der Waals surface area contributed by atoms with E-state index < -0.39 is 28.4 Å². The number of alkyl halides is 2. The lowest BCUT2D eigenvalue weighted by molar-refractivity contribution is -0.135. The number of aromatic nitrogens is 5. The Labute approximate surface area is 391 Å². The average Bonchev–Trinajstić information content (AvgIpc) is 3.91. The van der Waals surface area contributed by atoms with Crippen LogP contribution in [0.3, 0.4) is 0 Å². The summed E-state index contributed by atoms with van der Waals surface area (Å²) in [5.41, 5.74) is 3.42. The summed E-state index contributed by atoms with van der Waals surface area (Å²) < 4.78 is 62.5. The van der Waals surface area contributed by atoms with Crippen LogP contribution in [0.4, 0.5) is 26.1 Å². The van der Waals surface area contributed by atoms with E-state index in [1.165, 1.54) is 13.4 Å². The second-order valence-electron chi connectivity index (χ2n) is 19.2. The van der Waals surface area contributed by atoms with Gasteiger partial charge in [-0.1, -0.05) is 24.1 Å². The van der Waals surface area contributed by atoms with E-state index in [1.807, 2.05) is 24.0 Å². The van der Waals surface area contributed by atoms with Crippen LogP contribution in [0.2, 0.25) is 5.02 Å². The van der Waals surface area contributed by atoms with E-state index in [-0.39, 0.29) is 88.9 Å². The molecule has 2 N–H and O–H groups in total. The molecule has 10 rings (SSSR count). The number of halogens is 3. The van der Waals surface area contributed by atoms with Crippen molar-refractivity contribution in [1.82, 2.24) is 38.2 Å². The third kappa shape index (κ3) is 8.43. The standard InChI is InChI=1S/C47H55ClF2N10O6S/c1-28-23-32(8-9-34(28)52-45-51-25-30-24-33(48)44(63)60(42(30)54-45)38-7-4-16-47(38)17-18-47)67(65,66)58-21-12-29(13-22-58)26-57(27-39(49)50)31-14-19-56(20-15-31)35-5-3-6-36-41(35)55(2)46(64)59(36)37-10-11-40(61)53-43(37)62/h3,5-6,8-9,23-25,29,31,37-39H,4,7,10-22,26-27H2,1-2H3,(H,51,52,54)(H,53,61,62). The Balaban J connectivity index is 0.777. The highest BCUT2D eigenvalue weighted by Crippen LogP contribution is 2.63. The molecule has 16 nitrogen and oxygen atoms in total. The number of anilines is 3. The van der Waals surface area contributed by atoms with Crippen LogP contribution in [0.5, 0.6) is 0 Å². The van der Waals surface area contributed by atoms with Crippen molar-refractivity contribution in [3.05, 3.63) is 80.1 Å². The maximum absolute atomic E-state index is 14.1. The fraction of sp³-hybridized carbons (Fsp3) is 0.532. The van der Waals surface area contributed by atoms with Gasteiger partial charge in [0.05, 0.1) is 28.2 Å². The first-order valence-corrected chi connectivity index (χ1v) is 25.2. The molecule has 5 aliphatic rings. The highest BCUT2D eigenvalue weighted by atomic mass is 35.5. The van der Waals surface area contributed by atoms with Crippen LogP contribution in [0.25, 0.3) is 22.1 Å². The predicted molar refractivity (Wildman–Crippen MR) is 251 cm³/mol. The van der Waals surface area contributed by atoms with Crippen LogP contribution in [0, 0.1) is 18.3 Å². The number of pyridine rings is 1. The number of piperidine rings is 3. The van der Waals surface area contributed by atoms with Gasteiger partial charge in [0, 0.05) is 75.5 Å². The monoisotopic (exact) mass is 960 g/mol. The summed E-state index contributed by atoms with van der Waals surface area (Å²) in [7, 11) is -2.19. The van der Waals surface area contributed by atoms with Gasteiger partial charge in [0.25, 0.3) is 12.0 Å². The molecule has 67 heavy (non-hydrogen) atoms. The lowest BCUT2D eigenvalue weighted by atomic mass is 9.95. The smallest absolute Gasteiger partial charge is 0.329 e. The Hall–Kier alpha value is -5.24. The maximum atomic E-state index is 14.1. The molecule has 3 aromatic heterocycles. The Morgan fingerprint density at radius 3 is 2.42 bits per heavy atom. The zero-order valence-corrected chi connectivity index (χ0v) is 39.2. The van der Waals surface area contributed by atoms with Crippen molar-refractivity contribution in [2.75, 3.05) is 49.5 Å². The summed E-state index contributed by atoms with van der Waals surface area (Å²) in [6, 6.07) is 11.2. The van der Waals surface area contributed by atoms with Gasteiger partial charge in [-0.15, -0.1) is 0 Å². The molecule has 356 valence electrons. The quantitative estimate of drug-likeness (QED) is 0.135. The zero-order chi connectivity index (χ0) is 46.9. The molecule has 1 spiro atoms. The first-order chi connectivity index (χ1) is 32.1. The molecule has 3 saturated heterocycles. The lowest BCUT2D eigenvalue weighted by Gasteiger charge is -2.42. The van der Waals surface area contributed by atoms with Crippen LogP contribution in [0.1, 0.15) is 88.3 Å². The number of benzene rings is 2. The third-order valence-electron chi connectivity index (χ3n) is 15.2. The van der Waals surface area contributed by atoms with Crippen molar-refractivity contribution in [3.8, 4) is 0 Å². The van der Waals surface area contributed by atoms with Gasteiger partial charge >= 0.3 is 5.69 Å². The van der Waals surface area contributed by atoms with Crippen molar-refractivity contribution >= 4 is 72.8 Å². The molecule has 0 radical (unpaired) electrons. The average molecular weight is 962 g/mol. The van der Waals surface area contributed by atoms with E-state index in [4.69, 9.17) is 16.6 Å². The third-order valence-corrected chi connectivity index (χ3v) is 17.4. The van der Waals surface area contributed by atoms with Crippen molar-refractivity contribution in [2.24, 2.45) is 18.4 Å². The second kappa shape index (κ2) is 17.7. The molecule has 0 bridgehead atoms. The number of carbonyl (C=O) groups is 2. The number of nitrogens with one attached hydrogen (secondary N) is 2. The Morgan fingerprint density at radius 2 is 1.72 bits per heavy atom. The van der Waals surface area contributed by atoms with Crippen LogP contribution in [-0.4, -0.2) is 105 Å². The van der Waals surface area contributed by atoms with E-state index in [2.05, 4.69) is 20.5 Å². The van der Waals surface area contributed by atoms with Crippen molar-refractivity contribution in [1.29, 1.82) is 0 Å². The summed E-state index contributed by atoms with van der Waals surface area (Å²) >= 11 is 6.41. The Morgan fingerprint density at radius 1 is 0.955 bits per heavy atom. The van der Waals surface area contributed by atoms with Crippen LogP contribution < -0.4 is 26.8 Å². The van der Waals surface area contributed by atoms with Gasteiger partial charge in [-0.3, -0.25) is 38.3 Å². The van der Waals surface area contributed by atoms with Gasteiger partial charge in [-0.2, -0.15) is 9.29 Å². The van der Waals surface area contributed by atoms with Crippen LogP contribution in [0.15, 0.2) is 63.1 Å². The van der Waals surface area contributed by atoms with E-state index in [0.717, 1.165) is 37.8 Å². The molecular formula is C47H55ClF2N10O6S. The molecule has 2 saturated carbocycles. The molecular weight excluding hydrogens is 906 g/mol. The minimum absolute atomic E-state index is 0.0321. The number of fused-ring (bicyclic) bond motifs is 2. The number of imide groups is 1. The molecule has 5 aromatic rings. The molecule has 3 aliphatic heterocycles. The zero-order valence-electron chi connectivity index (χ0n) is 37.6. The van der Waals surface area contributed by atoms with E-state index >= 15 is 0 Å². The second-order valence-corrected chi connectivity index (χ2v) is 21.6. The molecule has 2 aliphatic carbocycles. The van der Waals surface area contributed by atoms with Gasteiger partial charge in [-0.05, 0) is 118 Å². The lowest BCUT2D eigenvalue weighted by Crippen LogP contribution is -2.49. The Kier molecular flexibility index (Phi) is 12.0. The fourth-order valence-corrected chi connectivity index (χ4v) is 13.3. The minimum Gasteiger partial charge on any atom is -0.370 e. The molecule has 2 amide bonds. The number of para-hydroxylation sites is 1. The van der Waals surface area contributed by atoms with E-state index in [9.17, 15) is 36.4 Å². The van der Waals surface area contributed by atoms with Crippen LogP contribution >= 0.6 is 11.6 Å². The number of sulfonamides is 1. The number of amides is 2. The SMILES string of the molecule is Cc1cc(S(=O)(=O)N2CCC(CN(CC(F)F)C3CCN(c4cccc5c4n(C)c(=O)n5C4CCC(=O)NC4=O)CC3)CC2)ccc1Nc1ncc2cc(Cl)c(=O)n(C3CCCC34CC4)c2n1. The molecule has 6 heterocycles. The van der Waals surface area contributed by atoms with Crippen molar-refractivity contribution < 1.29 is 26.8 Å². The molecule has 2 unspecified atom stereocenters. The minimum atomic E-state index is -3.86. The maximum Gasteiger partial charge on any atom is 0.329 e. The van der Waals surface area contributed by atoms with Gasteiger partial charge < -0.3 is 10.2 Å². The number of nitrogens with zero attached hydrogens (tertiary/aromatic N) is 8. The topological polar surface area (TPSA) is 177 Å². The molecule has 5 fully saturated rings. The van der Waals surface area contributed by atoms with Gasteiger partial charge in [0.15, 0.2) is 0 Å². The normalized spacial score (nSPS) is 21.9. The first-order valence-electron chi connectivity index (χ1n) is 23.4.